The lowest BCUT2D eigenvalue weighted by molar-refractivity contribution is -0.113. The number of benzene rings is 1. The molecule has 1 N–H and O–H groups in total. The molecule has 0 atom stereocenters. The molecule has 106 valence electrons. The number of hydrogen-bond acceptors (Lipinski definition) is 6. The van der Waals surface area contributed by atoms with Crippen LogP contribution in [0.15, 0.2) is 26.9 Å². The zero-order valence-electron chi connectivity index (χ0n) is 11.5. The molecule has 0 saturated heterocycles. The van der Waals surface area contributed by atoms with E-state index in [9.17, 15) is 4.79 Å². The lowest BCUT2D eigenvalue weighted by Crippen LogP contribution is -2.14. The molecule has 4 nitrogen and oxygen atoms in total. The molecule has 0 radical (unpaired) electrons. The molecule has 0 unspecified atom stereocenters. The number of thioether (sulfide) groups is 2. The molecule has 20 heavy (non-hydrogen) atoms. The fraction of sp³-hybridized carbons (Fsp3) is 0.308. The molecule has 0 bridgehead atoms. The third-order valence-corrected chi connectivity index (χ3v) is 5.43. The van der Waals surface area contributed by atoms with Gasteiger partial charge < -0.3 is 5.32 Å². The van der Waals surface area contributed by atoms with Gasteiger partial charge in [-0.05, 0) is 43.4 Å². The van der Waals surface area contributed by atoms with Gasteiger partial charge in [-0.25, -0.2) is 0 Å². The molecule has 1 heterocycles. The zero-order valence-corrected chi connectivity index (χ0v) is 13.9. The van der Waals surface area contributed by atoms with Crippen molar-refractivity contribution in [1.29, 1.82) is 0 Å². The summed E-state index contributed by atoms with van der Waals surface area (Å²) in [5.41, 5.74) is 3.12. The third-order valence-electron chi connectivity index (χ3n) is 2.39. The van der Waals surface area contributed by atoms with Crippen molar-refractivity contribution in [2.75, 3.05) is 17.3 Å². The van der Waals surface area contributed by atoms with Gasteiger partial charge in [0.25, 0.3) is 0 Å². The maximum Gasteiger partial charge on any atom is 0.234 e. The minimum Gasteiger partial charge on any atom is -0.325 e. The van der Waals surface area contributed by atoms with Crippen LogP contribution >= 0.6 is 34.9 Å². The Balaban J connectivity index is 1.89. The molecule has 0 aliphatic carbocycles. The van der Waals surface area contributed by atoms with Gasteiger partial charge in [-0.2, -0.15) is 0 Å². The summed E-state index contributed by atoms with van der Waals surface area (Å²) in [6.45, 7) is 4.03. The van der Waals surface area contributed by atoms with E-state index >= 15 is 0 Å². The molecule has 7 heteroatoms. The Morgan fingerprint density at radius 2 is 1.85 bits per heavy atom. The second kappa shape index (κ2) is 7.10. The first kappa shape index (κ1) is 15.3. The molecule has 0 spiro atoms. The highest BCUT2D eigenvalue weighted by Crippen LogP contribution is 2.27. The molecule has 1 amide bonds. The summed E-state index contributed by atoms with van der Waals surface area (Å²) in [5, 5.41) is 10.9. The Bertz CT molecular complexity index is 592. The number of aryl methyl sites for hydroxylation is 2. The predicted octanol–water partition coefficient (Wildman–Crippen LogP) is 3.61. The van der Waals surface area contributed by atoms with Gasteiger partial charge in [0.1, 0.15) is 0 Å². The SMILES string of the molecule is CSc1nnc(SCC(=O)Nc2cc(C)cc(C)c2)s1. The molecule has 0 aliphatic rings. The number of aromatic nitrogens is 2. The van der Waals surface area contributed by atoms with Gasteiger partial charge in [0.2, 0.25) is 5.91 Å². The highest BCUT2D eigenvalue weighted by molar-refractivity contribution is 8.03. The number of rotatable bonds is 5. The van der Waals surface area contributed by atoms with E-state index in [2.05, 4.69) is 21.6 Å². The lowest BCUT2D eigenvalue weighted by Gasteiger charge is -2.06. The first-order valence-corrected chi connectivity index (χ1v) is 8.98. The fourth-order valence-corrected chi connectivity index (χ4v) is 3.95. The molecular weight excluding hydrogens is 310 g/mol. The van der Waals surface area contributed by atoms with Crippen molar-refractivity contribution in [3.05, 3.63) is 29.3 Å². The molecule has 1 aromatic carbocycles. The number of anilines is 1. The van der Waals surface area contributed by atoms with E-state index in [4.69, 9.17) is 0 Å². The van der Waals surface area contributed by atoms with E-state index in [1.165, 1.54) is 23.1 Å². The van der Waals surface area contributed by atoms with Crippen LogP contribution in [0.3, 0.4) is 0 Å². The van der Waals surface area contributed by atoms with Gasteiger partial charge in [0.15, 0.2) is 8.68 Å². The van der Waals surface area contributed by atoms with Crippen LogP contribution in [-0.4, -0.2) is 28.1 Å². The van der Waals surface area contributed by atoms with Gasteiger partial charge in [-0.1, -0.05) is 40.9 Å². The molecule has 0 fully saturated rings. The molecule has 2 rings (SSSR count). The molecule has 1 aromatic heterocycles. The van der Waals surface area contributed by atoms with Gasteiger partial charge in [-0.3, -0.25) is 4.79 Å². The molecule has 0 saturated carbocycles. The van der Waals surface area contributed by atoms with Gasteiger partial charge in [0, 0.05) is 5.69 Å². The number of hydrogen-bond donors (Lipinski definition) is 1. The van der Waals surface area contributed by atoms with E-state index in [0.717, 1.165) is 25.5 Å². The number of carbonyl (C=O) groups excluding carboxylic acids is 1. The van der Waals surface area contributed by atoms with E-state index in [1.807, 2.05) is 32.2 Å². The normalized spacial score (nSPS) is 10.6. The first-order chi connectivity index (χ1) is 9.56. The quantitative estimate of drug-likeness (QED) is 0.851. The standard InChI is InChI=1S/C13H15N3OS3/c1-8-4-9(2)6-10(5-8)14-11(17)7-19-13-16-15-12(18-3)20-13/h4-6H,7H2,1-3H3,(H,14,17). The summed E-state index contributed by atoms with van der Waals surface area (Å²) in [4.78, 5) is 11.9. The summed E-state index contributed by atoms with van der Waals surface area (Å²) in [6.07, 6.45) is 1.96. The topological polar surface area (TPSA) is 54.9 Å². The van der Waals surface area contributed by atoms with Crippen LogP contribution in [0.2, 0.25) is 0 Å². The van der Waals surface area contributed by atoms with Crippen LogP contribution in [-0.2, 0) is 4.79 Å². The van der Waals surface area contributed by atoms with Crippen LogP contribution in [0.25, 0.3) is 0 Å². The second-order valence-electron chi connectivity index (χ2n) is 4.25. The Kier molecular flexibility index (Phi) is 5.45. The smallest absolute Gasteiger partial charge is 0.234 e. The van der Waals surface area contributed by atoms with Gasteiger partial charge >= 0.3 is 0 Å². The van der Waals surface area contributed by atoms with E-state index in [1.54, 1.807) is 11.8 Å². The van der Waals surface area contributed by atoms with Crippen LogP contribution in [0, 0.1) is 13.8 Å². The predicted molar refractivity (Wildman–Crippen MR) is 87.0 cm³/mol. The van der Waals surface area contributed by atoms with E-state index in [0.29, 0.717) is 5.75 Å². The minimum absolute atomic E-state index is 0.0269. The summed E-state index contributed by atoms with van der Waals surface area (Å²) < 4.78 is 1.74. The zero-order chi connectivity index (χ0) is 14.5. The highest BCUT2D eigenvalue weighted by atomic mass is 32.2. The van der Waals surface area contributed by atoms with E-state index < -0.39 is 0 Å². The van der Waals surface area contributed by atoms with Crippen LogP contribution in [0.5, 0.6) is 0 Å². The summed E-state index contributed by atoms with van der Waals surface area (Å²) in [5.74, 6) is 0.316. The maximum absolute atomic E-state index is 11.9. The Hall–Kier alpha value is -1.05. The Morgan fingerprint density at radius 3 is 2.45 bits per heavy atom. The average Bonchev–Trinajstić information content (AvgIpc) is 2.83. The third kappa shape index (κ3) is 4.50. The number of nitrogens with one attached hydrogen (secondary N) is 1. The van der Waals surface area contributed by atoms with Crippen LogP contribution in [0.1, 0.15) is 11.1 Å². The van der Waals surface area contributed by atoms with Crippen LogP contribution in [0.4, 0.5) is 5.69 Å². The largest absolute Gasteiger partial charge is 0.325 e. The molecule has 2 aromatic rings. The average molecular weight is 325 g/mol. The van der Waals surface area contributed by atoms with Crippen molar-refractivity contribution >= 4 is 46.5 Å². The second-order valence-corrected chi connectivity index (χ2v) is 7.50. The van der Waals surface area contributed by atoms with Crippen LogP contribution < -0.4 is 5.32 Å². The van der Waals surface area contributed by atoms with E-state index in [-0.39, 0.29) is 5.91 Å². The van der Waals surface area contributed by atoms with Crippen molar-refractivity contribution in [3.63, 3.8) is 0 Å². The number of amides is 1. The fourth-order valence-electron chi connectivity index (χ4n) is 1.71. The lowest BCUT2D eigenvalue weighted by atomic mass is 10.1. The van der Waals surface area contributed by atoms with Crippen molar-refractivity contribution in [3.8, 4) is 0 Å². The van der Waals surface area contributed by atoms with Crippen molar-refractivity contribution < 1.29 is 4.79 Å². The van der Waals surface area contributed by atoms with Crippen molar-refractivity contribution in [2.45, 2.75) is 22.5 Å². The number of nitrogens with zero attached hydrogens (tertiary/aromatic N) is 2. The first-order valence-electron chi connectivity index (χ1n) is 5.95. The van der Waals surface area contributed by atoms with Crippen molar-refractivity contribution in [1.82, 2.24) is 10.2 Å². The summed E-state index contributed by atoms with van der Waals surface area (Å²) in [6, 6.07) is 6.01. The van der Waals surface area contributed by atoms with Gasteiger partial charge in [-0.15, -0.1) is 10.2 Å². The maximum atomic E-state index is 11.9. The summed E-state index contributed by atoms with van der Waals surface area (Å²) in [7, 11) is 0. The number of carbonyl (C=O) groups is 1. The minimum atomic E-state index is -0.0269. The highest BCUT2D eigenvalue weighted by Gasteiger charge is 2.08. The molecular formula is C13H15N3OS3. The Labute approximate surface area is 130 Å². The van der Waals surface area contributed by atoms with Gasteiger partial charge in [0.05, 0.1) is 5.75 Å². The molecule has 0 aliphatic heterocycles. The van der Waals surface area contributed by atoms with Crippen molar-refractivity contribution in [2.24, 2.45) is 0 Å². The summed E-state index contributed by atoms with van der Waals surface area (Å²) >= 11 is 4.48. The Morgan fingerprint density at radius 1 is 1.20 bits per heavy atom. The monoisotopic (exact) mass is 325 g/mol.